The number of aromatic nitrogens is 12. The average Bonchev–Trinajstić information content (AvgIpc) is 3.34. The molecule has 0 saturated carbocycles. The quantitative estimate of drug-likeness (QED) is 0.0318. The molecule has 15 N–H and O–H groups in total. The van der Waals surface area contributed by atoms with E-state index in [9.17, 15) is 73.1 Å². The molecule has 0 spiro atoms. The highest BCUT2D eigenvalue weighted by Gasteiger charge is 2.54. The van der Waals surface area contributed by atoms with Crippen molar-refractivity contribution < 1.29 is 100.0 Å². The number of fused-ring (bicyclic) bond motifs is 2. The zero-order chi connectivity index (χ0) is 58.9. The van der Waals surface area contributed by atoms with E-state index in [1.54, 1.807) is 0 Å². The number of aromatic amines is 2. The molecule has 0 amide bonds. The molecule has 6 aromatic rings. The number of anilines is 3. The van der Waals surface area contributed by atoms with Crippen LogP contribution in [0, 0.1) is 0 Å². The third-order valence-corrected chi connectivity index (χ3v) is 16.2. The van der Waals surface area contributed by atoms with E-state index in [2.05, 4.69) is 40.2 Å². The van der Waals surface area contributed by atoms with Crippen molar-refractivity contribution in [2.24, 2.45) is 0 Å². The van der Waals surface area contributed by atoms with Crippen LogP contribution in [0.4, 0.5) is 17.6 Å². The summed E-state index contributed by atoms with van der Waals surface area (Å²) in [5.74, 6) is -0.339. The summed E-state index contributed by atoms with van der Waals surface area (Å²) in [5, 5.41) is 58.8. The molecular weight excluding hydrogens is 1170 g/mol. The molecule has 446 valence electrons. The molecule has 0 radical (unpaired) electrons. The van der Waals surface area contributed by atoms with Crippen molar-refractivity contribution in [3.8, 4) is 0 Å². The third-order valence-electron chi connectivity index (χ3n) is 13.2. The highest BCUT2D eigenvalue weighted by atomic mass is 31.2. The van der Waals surface area contributed by atoms with Gasteiger partial charge in [-0.2, -0.15) is 9.97 Å². The Bertz CT molecular complexity index is 3750. The van der Waals surface area contributed by atoms with E-state index in [-0.39, 0.29) is 39.9 Å². The summed E-state index contributed by atoms with van der Waals surface area (Å²) in [6, 6.07) is 2.02. The molecule has 4 aliphatic heterocycles. The van der Waals surface area contributed by atoms with Crippen LogP contribution in [0.2, 0.25) is 0 Å². The number of hydrogen-bond donors (Lipinski definition) is 13. The van der Waals surface area contributed by atoms with Crippen molar-refractivity contribution in [2.75, 3.05) is 43.7 Å². The standard InChI is InChI=1S/C39H50N15O25P3/c1-13-26(23(58)35(73-13)54-12-46-20-31(54)49-37(41)50-32(20)61)77-80(64,65)71-9-16-28(25(60)36(76-16)53-11-45-19-29(42-2)43-10-44-30(19)53)79-82(68,69)72-8-15-27(24(59)34(75-15)51-5-3-17(40)47-38(51)62)78-81(66,67)70-7-14-21(56)22(57)33(74-14)52-6-4-18(55)48-39(52)63/h3-6,10-16,21-28,33-36,56-60H,7-9H2,1-2H3,(H,64,65)(H,66,67)(H,68,69)(H2,40,47,62)(H,42,43,44)(H,48,55,63)(H3,41,49,50,61)/t13-,14-,15-,16-,21-,22-,23-,24-,25-,26-,27-,28-,33-,34-,35-,36-/m1/s1. The maximum atomic E-state index is 14.0. The number of imidazole rings is 2. The number of H-pyrrole nitrogens is 2. The number of ether oxygens (including phenoxy) is 4. The Kier molecular flexibility index (Phi) is 16.4. The number of aliphatic hydroxyl groups excluding tert-OH is 5. The fourth-order valence-corrected chi connectivity index (χ4v) is 12.3. The Morgan fingerprint density at radius 3 is 1.72 bits per heavy atom. The van der Waals surface area contributed by atoms with Gasteiger partial charge >= 0.3 is 34.8 Å². The summed E-state index contributed by atoms with van der Waals surface area (Å²) >= 11 is 0. The molecule has 4 aliphatic rings. The van der Waals surface area contributed by atoms with Crippen molar-refractivity contribution in [1.82, 2.24) is 58.1 Å². The molecule has 0 bridgehead atoms. The maximum Gasteiger partial charge on any atom is 0.472 e. The zero-order valence-electron chi connectivity index (χ0n) is 41.9. The van der Waals surface area contributed by atoms with Crippen molar-refractivity contribution in [3.05, 3.63) is 85.2 Å². The second kappa shape index (κ2) is 22.8. The number of hydrogen-bond acceptors (Lipinski definition) is 31. The van der Waals surface area contributed by atoms with Crippen LogP contribution in [0.25, 0.3) is 22.3 Å². The monoisotopic (exact) mass is 1220 g/mol. The molecule has 4 saturated heterocycles. The minimum absolute atomic E-state index is 0.0322. The third kappa shape index (κ3) is 11.7. The van der Waals surface area contributed by atoms with Crippen LogP contribution in [0.1, 0.15) is 31.8 Å². The number of aliphatic hydroxyl groups is 5. The summed E-state index contributed by atoms with van der Waals surface area (Å²) < 4.78 is 99.7. The lowest BCUT2D eigenvalue weighted by Crippen LogP contribution is -2.38. The second-order valence-corrected chi connectivity index (χ2v) is 22.7. The van der Waals surface area contributed by atoms with Crippen molar-refractivity contribution in [1.29, 1.82) is 0 Å². The predicted octanol–water partition coefficient (Wildman–Crippen LogP) is -5.11. The van der Waals surface area contributed by atoms with Gasteiger partial charge < -0.3 is 75.9 Å². The van der Waals surface area contributed by atoms with Crippen LogP contribution < -0.4 is 39.3 Å². The Morgan fingerprint density at radius 1 is 0.610 bits per heavy atom. The number of rotatable bonds is 20. The average molecular weight is 1220 g/mol. The molecule has 82 heavy (non-hydrogen) atoms. The van der Waals surface area contributed by atoms with Crippen molar-refractivity contribution in [2.45, 2.75) is 105 Å². The van der Waals surface area contributed by atoms with Gasteiger partial charge in [-0.3, -0.25) is 65.0 Å². The highest BCUT2D eigenvalue weighted by molar-refractivity contribution is 7.48. The number of nitrogen functional groups attached to an aromatic ring is 2. The molecular formula is C39H50N15O25P3. The Balaban J connectivity index is 0.858. The van der Waals surface area contributed by atoms with Crippen molar-refractivity contribution in [3.63, 3.8) is 0 Å². The van der Waals surface area contributed by atoms with Crippen LogP contribution in [0.3, 0.4) is 0 Å². The SMILES string of the molecule is CNc1ncnc2c1ncn2[C@@H]1O[C@H](COP(=O)(O)O[C@H]2[C@@H](O)[C@H](n3cnc4c(=O)[nH]c(N)nc43)O[C@@H]2C)[C@@H](OP(=O)(O)OC[C@H]2O[C@@H](n3ccc(N)nc3=O)[C@H](O)[C@@H]2OP(=O)(O)OC[C@H]2O[C@@H](n3ccc(=O)[nH]c3=O)[C@H](O)[C@@H]2O)[C@H]1O. The lowest BCUT2D eigenvalue weighted by Gasteiger charge is -2.26. The van der Waals surface area contributed by atoms with E-state index in [0.717, 1.165) is 57.2 Å². The predicted molar refractivity (Wildman–Crippen MR) is 265 cm³/mol. The molecule has 10 rings (SSSR count). The molecule has 3 unspecified atom stereocenters. The van der Waals surface area contributed by atoms with E-state index in [4.69, 9.17) is 57.6 Å². The molecule has 40 nitrogen and oxygen atoms in total. The van der Waals surface area contributed by atoms with E-state index < -0.39 is 164 Å². The second-order valence-electron chi connectivity index (χ2n) is 18.5. The number of phosphoric ester groups is 3. The van der Waals surface area contributed by atoms with Crippen LogP contribution in [0.5, 0.6) is 0 Å². The first-order valence-corrected chi connectivity index (χ1v) is 28.5. The first-order chi connectivity index (χ1) is 38.7. The maximum absolute atomic E-state index is 14.0. The van der Waals surface area contributed by atoms with Gasteiger partial charge in [0.05, 0.1) is 38.6 Å². The zero-order valence-corrected chi connectivity index (χ0v) is 44.6. The Morgan fingerprint density at radius 2 is 1.12 bits per heavy atom. The summed E-state index contributed by atoms with van der Waals surface area (Å²) in [7, 11) is -15.1. The first kappa shape index (κ1) is 59.0. The fraction of sp³-hybridized carbons (Fsp3) is 0.538. The summed E-state index contributed by atoms with van der Waals surface area (Å²) in [6.07, 6.45) is -23.4. The number of nitrogens with zero attached hydrogens (tertiary/aromatic N) is 10. The molecule has 10 heterocycles. The fourth-order valence-electron chi connectivity index (χ4n) is 9.37. The number of phosphoric acid groups is 3. The van der Waals surface area contributed by atoms with E-state index in [1.807, 2.05) is 4.98 Å². The van der Waals surface area contributed by atoms with E-state index in [1.165, 1.54) is 14.0 Å². The van der Waals surface area contributed by atoms with Crippen LogP contribution in [0.15, 0.2) is 62.7 Å². The first-order valence-electron chi connectivity index (χ1n) is 24.0. The highest BCUT2D eigenvalue weighted by Crippen LogP contribution is 2.54. The van der Waals surface area contributed by atoms with Crippen molar-refractivity contribution >= 4 is 63.4 Å². The summed E-state index contributed by atoms with van der Waals surface area (Å²) in [6.45, 7) is -2.03. The van der Waals surface area contributed by atoms with Gasteiger partial charge in [0.25, 0.3) is 11.1 Å². The van der Waals surface area contributed by atoms with Gasteiger partial charge in [-0.05, 0) is 13.0 Å². The van der Waals surface area contributed by atoms with E-state index in [0.29, 0.717) is 4.57 Å². The lowest BCUT2D eigenvalue weighted by molar-refractivity contribution is -0.0647. The van der Waals surface area contributed by atoms with Gasteiger partial charge in [-0.15, -0.1) is 0 Å². The topological polar surface area (TPSA) is 566 Å². The normalized spacial score (nSPS) is 32.5. The van der Waals surface area contributed by atoms with Crippen LogP contribution >= 0.6 is 23.5 Å². The number of nitrogens with two attached hydrogens (primary N) is 2. The molecule has 19 atom stereocenters. The largest absolute Gasteiger partial charge is 0.472 e. The van der Waals surface area contributed by atoms with Gasteiger partial charge in [-0.25, -0.2) is 43.2 Å². The summed E-state index contributed by atoms with van der Waals surface area (Å²) in [5.41, 5.74) is 7.55. The van der Waals surface area contributed by atoms with Gasteiger partial charge in [-0.1, -0.05) is 0 Å². The minimum atomic E-state index is -5.68. The van der Waals surface area contributed by atoms with E-state index >= 15 is 0 Å². The molecule has 6 aromatic heterocycles. The van der Waals surface area contributed by atoms with Gasteiger partial charge in [0.1, 0.15) is 84.8 Å². The van der Waals surface area contributed by atoms with Gasteiger partial charge in [0.2, 0.25) is 5.95 Å². The summed E-state index contributed by atoms with van der Waals surface area (Å²) in [4.78, 5) is 111. The smallest absolute Gasteiger partial charge is 0.387 e. The molecule has 0 aromatic carbocycles. The molecule has 43 heteroatoms. The Hall–Kier alpha value is -6.17. The van der Waals surface area contributed by atoms with Crippen LogP contribution in [-0.4, -0.2) is 198 Å². The van der Waals surface area contributed by atoms with Crippen LogP contribution in [-0.2, 0) is 59.8 Å². The minimum Gasteiger partial charge on any atom is -0.387 e. The molecule has 0 aliphatic carbocycles. The Labute approximate surface area is 454 Å². The molecule has 4 fully saturated rings. The number of nitrogens with one attached hydrogen (secondary N) is 3. The van der Waals surface area contributed by atoms with Gasteiger partial charge in [0.15, 0.2) is 47.5 Å². The lowest BCUT2D eigenvalue weighted by atomic mass is 10.1. The van der Waals surface area contributed by atoms with Gasteiger partial charge in [0, 0.05) is 25.5 Å².